The largest absolute Gasteiger partial charge is 0.444 e. The highest BCUT2D eigenvalue weighted by Crippen LogP contribution is 2.24. The smallest absolute Gasteiger partial charge is 0.411 e. The fourth-order valence-electron chi connectivity index (χ4n) is 2.13. The van der Waals surface area contributed by atoms with Crippen LogP contribution >= 0.6 is 0 Å². The Morgan fingerprint density at radius 2 is 2.14 bits per heavy atom. The topological polar surface area (TPSA) is 84.4 Å². The molecule has 0 spiro atoms. The van der Waals surface area contributed by atoms with Gasteiger partial charge in [0.25, 0.3) is 0 Å². The summed E-state index contributed by atoms with van der Waals surface area (Å²) in [6.45, 7) is 4.97. The Balaban J connectivity index is 2.07. The maximum absolute atomic E-state index is 13.7. The number of anilines is 1. The molecule has 1 saturated heterocycles. The SMILES string of the molecule is CC(C)(C)OC(=O)N1C[C@H](F)C[C@H]1C(=O)Nc1cnccn1. The highest BCUT2D eigenvalue weighted by atomic mass is 19.1. The lowest BCUT2D eigenvalue weighted by Gasteiger charge is -2.27. The summed E-state index contributed by atoms with van der Waals surface area (Å²) in [5, 5.41) is 2.52. The van der Waals surface area contributed by atoms with E-state index in [9.17, 15) is 14.0 Å². The van der Waals surface area contributed by atoms with Gasteiger partial charge in [0.2, 0.25) is 5.91 Å². The standard InChI is InChI=1S/C14H19FN4O3/c1-14(2,3)22-13(21)19-8-9(15)6-10(19)12(20)18-11-7-16-4-5-17-11/h4-5,7,9-10H,6,8H2,1-3H3,(H,17,18,20)/t9-,10+/m1/s1. The number of carbonyl (C=O) groups excluding carboxylic acids is 2. The Morgan fingerprint density at radius 3 is 2.73 bits per heavy atom. The van der Waals surface area contributed by atoms with Gasteiger partial charge in [-0.1, -0.05) is 0 Å². The summed E-state index contributed by atoms with van der Waals surface area (Å²) in [6, 6.07) is -0.924. The van der Waals surface area contributed by atoms with E-state index in [1.165, 1.54) is 18.6 Å². The van der Waals surface area contributed by atoms with Gasteiger partial charge in [-0.3, -0.25) is 14.7 Å². The van der Waals surface area contributed by atoms with Gasteiger partial charge in [0.05, 0.1) is 12.7 Å². The number of ether oxygens (including phenoxy) is 1. The number of aromatic nitrogens is 2. The number of hydrogen-bond donors (Lipinski definition) is 1. The average Bonchev–Trinajstić information content (AvgIpc) is 2.80. The van der Waals surface area contributed by atoms with Gasteiger partial charge in [0.1, 0.15) is 17.8 Å². The van der Waals surface area contributed by atoms with Gasteiger partial charge in [0.15, 0.2) is 5.82 Å². The Labute approximate surface area is 127 Å². The predicted octanol–water partition coefficient (Wildman–Crippen LogP) is 1.76. The van der Waals surface area contributed by atoms with Crippen molar-refractivity contribution >= 4 is 17.8 Å². The summed E-state index contributed by atoms with van der Waals surface area (Å²) < 4.78 is 18.9. The van der Waals surface area contributed by atoms with Gasteiger partial charge in [0, 0.05) is 18.8 Å². The van der Waals surface area contributed by atoms with Crippen LogP contribution in [0.3, 0.4) is 0 Å². The van der Waals surface area contributed by atoms with Crippen LogP contribution in [0.5, 0.6) is 0 Å². The number of alkyl halides is 1. The van der Waals surface area contributed by atoms with E-state index >= 15 is 0 Å². The normalized spacial score (nSPS) is 21.5. The summed E-state index contributed by atoms with van der Waals surface area (Å²) in [5.74, 6) is -0.259. The number of nitrogens with one attached hydrogen (secondary N) is 1. The molecule has 0 unspecified atom stereocenters. The lowest BCUT2D eigenvalue weighted by molar-refractivity contribution is -0.120. The molecular formula is C14H19FN4O3. The van der Waals surface area contributed by atoms with Crippen molar-refractivity contribution in [2.75, 3.05) is 11.9 Å². The molecule has 1 aromatic heterocycles. The quantitative estimate of drug-likeness (QED) is 0.900. The summed E-state index contributed by atoms with van der Waals surface area (Å²) >= 11 is 0. The third kappa shape index (κ3) is 4.12. The summed E-state index contributed by atoms with van der Waals surface area (Å²) in [5.41, 5.74) is -0.711. The van der Waals surface area contributed by atoms with E-state index in [2.05, 4.69) is 15.3 Å². The zero-order valence-corrected chi connectivity index (χ0v) is 12.7. The molecule has 1 aliphatic rings. The van der Waals surface area contributed by atoms with Crippen molar-refractivity contribution in [1.82, 2.24) is 14.9 Å². The molecule has 0 aliphatic carbocycles. The van der Waals surface area contributed by atoms with E-state index in [1.54, 1.807) is 20.8 Å². The molecule has 1 aliphatic heterocycles. The van der Waals surface area contributed by atoms with Gasteiger partial charge in [-0.15, -0.1) is 0 Å². The molecule has 7 nitrogen and oxygen atoms in total. The van der Waals surface area contributed by atoms with E-state index in [-0.39, 0.29) is 18.8 Å². The molecule has 2 atom stereocenters. The molecule has 0 radical (unpaired) electrons. The van der Waals surface area contributed by atoms with Crippen LogP contribution in [0.15, 0.2) is 18.6 Å². The first kappa shape index (κ1) is 16.1. The molecule has 1 aromatic rings. The first-order valence-corrected chi connectivity index (χ1v) is 6.97. The van der Waals surface area contributed by atoms with Crippen LogP contribution in [0.2, 0.25) is 0 Å². The molecule has 8 heteroatoms. The molecule has 0 bridgehead atoms. The summed E-state index contributed by atoms with van der Waals surface area (Å²) in [4.78, 5) is 33.2. The molecule has 2 heterocycles. The van der Waals surface area contributed by atoms with E-state index in [0.29, 0.717) is 0 Å². The minimum absolute atomic E-state index is 0.0641. The fourth-order valence-corrected chi connectivity index (χ4v) is 2.13. The van der Waals surface area contributed by atoms with Crippen LogP contribution in [-0.4, -0.2) is 51.2 Å². The van der Waals surface area contributed by atoms with Gasteiger partial charge < -0.3 is 10.1 Å². The molecule has 1 N–H and O–H groups in total. The monoisotopic (exact) mass is 310 g/mol. The number of halogens is 1. The first-order chi connectivity index (χ1) is 10.3. The molecule has 0 saturated carbocycles. The molecule has 0 aromatic carbocycles. The number of carbonyl (C=O) groups is 2. The molecule has 120 valence electrons. The second kappa shape index (κ2) is 6.25. The minimum atomic E-state index is -1.26. The highest BCUT2D eigenvalue weighted by Gasteiger charge is 2.41. The Bertz CT molecular complexity index is 547. The number of likely N-dealkylation sites (tertiary alicyclic amines) is 1. The fraction of sp³-hybridized carbons (Fsp3) is 0.571. The molecule has 22 heavy (non-hydrogen) atoms. The molecular weight excluding hydrogens is 291 g/mol. The Kier molecular flexibility index (Phi) is 4.58. The third-order valence-electron chi connectivity index (χ3n) is 3.00. The second-order valence-corrected chi connectivity index (χ2v) is 6.06. The second-order valence-electron chi connectivity index (χ2n) is 6.06. The van der Waals surface area contributed by atoms with Gasteiger partial charge in [-0.2, -0.15) is 0 Å². The zero-order chi connectivity index (χ0) is 16.3. The number of rotatable bonds is 2. The van der Waals surface area contributed by atoms with E-state index in [0.717, 1.165) is 4.90 Å². The summed E-state index contributed by atoms with van der Waals surface area (Å²) in [6.07, 6.45) is 2.24. The minimum Gasteiger partial charge on any atom is -0.444 e. The Hall–Kier alpha value is -2.25. The lowest BCUT2D eigenvalue weighted by Crippen LogP contribution is -2.45. The van der Waals surface area contributed by atoms with E-state index < -0.39 is 29.8 Å². The van der Waals surface area contributed by atoms with Crippen molar-refractivity contribution in [3.05, 3.63) is 18.6 Å². The number of hydrogen-bond acceptors (Lipinski definition) is 5. The predicted molar refractivity (Wildman–Crippen MR) is 76.9 cm³/mol. The zero-order valence-electron chi connectivity index (χ0n) is 12.7. The van der Waals surface area contributed by atoms with Gasteiger partial charge in [-0.25, -0.2) is 14.2 Å². The number of amides is 2. The Morgan fingerprint density at radius 1 is 1.41 bits per heavy atom. The van der Waals surface area contributed by atoms with Crippen molar-refractivity contribution in [1.29, 1.82) is 0 Å². The third-order valence-corrected chi connectivity index (χ3v) is 3.00. The van der Waals surface area contributed by atoms with Crippen LogP contribution in [0.1, 0.15) is 27.2 Å². The van der Waals surface area contributed by atoms with Crippen molar-refractivity contribution < 1.29 is 18.7 Å². The van der Waals surface area contributed by atoms with Crippen molar-refractivity contribution in [2.24, 2.45) is 0 Å². The van der Waals surface area contributed by atoms with Crippen LogP contribution in [-0.2, 0) is 9.53 Å². The molecule has 2 rings (SSSR count). The van der Waals surface area contributed by atoms with Crippen LogP contribution < -0.4 is 5.32 Å². The molecule has 2 amide bonds. The lowest BCUT2D eigenvalue weighted by atomic mass is 10.2. The van der Waals surface area contributed by atoms with Crippen molar-refractivity contribution in [3.63, 3.8) is 0 Å². The maximum Gasteiger partial charge on any atom is 0.411 e. The van der Waals surface area contributed by atoms with E-state index in [4.69, 9.17) is 4.74 Å². The average molecular weight is 310 g/mol. The maximum atomic E-state index is 13.7. The summed E-state index contributed by atoms with van der Waals surface area (Å²) in [7, 11) is 0. The van der Waals surface area contributed by atoms with Crippen LogP contribution in [0, 0.1) is 0 Å². The van der Waals surface area contributed by atoms with Gasteiger partial charge in [-0.05, 0) is 20.8 Å². The molecule has 1 fully saturated rings. The first-order valence-electron chi connectivity index (χ1n) is 6.97. The van der Waals surface area contributed by atoms with Crippen molar-refractivity contribution in [2.45, 2.75) is 45.0 Å². The van der Waals surface area contributed by atoms with Gasteiger partial charge >= 0.3 is 6.09 Å². The number of nitrogens with zero attached hydrogens (tertiary/aromatic N) is 3. The highest BCUT2D eigenvalue weighted by molar-refractivity contribution is 5.96. The van der Waals surface area contributed by atoms with Crippen molar-refractivity contribution in [3.8, 4) is 0 Å². The van der Waals surface area contributed by atoms with Crippen LogP contribution in [0.4, 0.5) is 15.0 Å². The van der Waals surface area contributed by atoms with E-state index in [1.807, 2.05) is 0 Å². The van der Waals surface area contributed by atoms with Crippen LogP contribution in [0.25, 0.3) is 0 Å².